The summed E-state index contributed by atoms with van der Waals surface area (Å²) >= 11 is 1.24. The zero-order valence-electron chi connectivity index (χ0n) is 12.7. The quantitative estimate of drug-likeness (QED) is 0.263. The molecule has 0 spiro atoms. The van der Waals surface area contributed by atoms with E-state index in [9.17, 15) is 14.9 Å². The number of thioether (sulfide) groups is 1. The fourth-order valence-corrected chi connectivity index (χ4v) is 2.59. The maximum atomic E-state index is 11.4. The molecule has 0 fully saturated rings. The van der Waals surface area contributed by atoms with Crippen LogP contribution >= 0.6 is 11.8 Å². The SMILES string of the molecule is CCOC(=O)CSc1cc(C)nc(-c2cccc([N+](=O)[O-])c2)n1. The van der Waals surface area contributed by atoms with Gasteiger partial charge in [-0.15, -0.1) is 0 Å². The van der Waals surface area contributed by atoms with Gasteiger partial charge in [0.2, 0.25) is 0 Å². The summed E-state index contributed by atoms with van der Waals surface area (Å²) in [6, 6.07) is 7.89. The van der Waals surface area contributed by atoms with Gasteiger partial charge in [-0.2, -0.15) is 0 Å². The third-order valence-corrected chi connectivity index (χ3v) is 3.67. The zero-order valence-corrected chi connectivity index (χ0v) is 13.5. The molecule has 7 nitrogen and oxygen atoms in total. The standard InChI is InChI=1S/C15H15N3O4S/c1-3-22-14(19)9-23-13-7-10(2)16-15(17-13)11-5-4-6-12(8-11)18(20)21/h4-8H,3,9H2,1-2H3. The van der Waals surface area contributed by atoms with Crippen molar-refractivity contribution in [2.45, 2.75) is 18.9 Å². The maximum Gasteiger partial charge on any atom is 0.316 e. The van der Waals surface area contributed by atoms with Crippen LogP contribution in [0.3, 0.4) is 0 Å². The maximum absolute atomic E-state index is 11.4. The number of carbonyl (C=O) groups is 1. The summed E-state index contributed by atoms with van der Waals surface area (Å²) in [5, 5.41) is 11.5. The van der Waals surface area contributed by atoms with Crippen LogP contribution in [0.15, 0.2) is 35.4 Å². The molecule has 1 aromatic heterocycles. The van der Waals surface area contributed by atoms with E-state index in [1.54, 1.807) is 32.0 Å². The number of nitrogens with zero attached hydrogens (tertiary/aromatic N) is 3. The highest BCUT2D eigenvalue weighted by atomic mass is 32.2. The molecule has 120 valence electrons. The zero-order chi connectivity index (χ0) is 16.8. The van der Waals surface area contributed by atoms with E-state index in [0.717, 1.165) is 0 Å². The predicted molar refractivity (Wildman–Crippen MR) is 86.2 cm³/mol. The smallest absolute Gasteiger partial charge is 0.316 e. The van der Waals surface area contributed by atoms with Crippen LogP contribution in [0.4, 0.5) is 5.69 Å². The molecule has 1 aromatic carbocycles. The molecule has 0 atom stereocenters. The number of rotatable bonds is 6. The normalized spacial score (nSPS) is 10.3. The first-order valence-corrected chi connectivity index (χ1v) is 7.87. The van der Waals surface area contributed by atoms with Crippen molar-refractivity contribution in [3.8, 4) is 11.4 Å². The van der Waals surface area contributed by atoms with Gasteiger partial charge in [-0.05, 0) is 19.9 Å². The largest absolute Gasteiger partial charge is 0.465 e. The highest BCUT2D eigenvalue weighted by molar-refractivity contribution is 7.99. The third kappa shape index (κ3) is 4.75. The van der Waals surface area contributed by atoms with Gasteiger partial charge >= 0.3 is 5.97 Å². The van der Waals surface area contributed by atoms with Crippen molar-refractivity contribution < 1.29 is 14.5 Å². The number of benzene rings is 1. The Morgan fingerprint density at radius 2 is 2.13 bits per heavy atom. The first-order chi connectivity index (χ1) is 11.0. The second kappa shape index (κ2) is 7.68. The number of hydrogen-bond donors (Lipinski definition) is 0. The van der Waals surface area contributed by atoms with E-state index in [1.807, 2.05) is 0 Å². The monoisotopic (exact) mass is 333 g/mol. The van der Waals surface area contributed by atoms with Crippen molar-refractivity contribution in [1.29, 1.82) is 0 Å². The molecule has 0 bridgehead atoms. The van der Waals surface area contributed by atoms with Gasteiger partial charge in [0.25, 0.3) is 5.69 Å². The molecule has 0 aliphatic heterocycles. The number of aromatic nitrogens is 2. The van der Waals surface area contributed by atoms with Crippen molar-refractivity contribution in [2.75, 3.05) is 12.4 Å². The molecule has 0 radical (unpaired) electrons. The summed E-state index contributed by atoms with van der Waals surface area (Å²) in [6.45, 7) is 3.88. The Labute approximate surface area is 137 Å². The number of hydrogen-bond acceptors (Lipinski definition) is 7. The molecule has 0 saturated heterocycles. The Morgan fingerprint density at radius 3 is 2.83 bits per heavy atom. The number of aryl methyl sites for hydroxylation is 1. The molecule has 0 aliphatic rings. The minimum Gasteiger partial charge on any atom is -0.465 e. The van der Waals surface area contributed by atoms with E-state index in [0.29, 0.717) is 28.7 Å². The van der Waals surface area contributed by atoms with Crippen LogP contribution in [-0.4, -0.2) is 33.2 Å². The van der Waals surface area contributed by atoms with Crippen molar-refractivity contribution in [3.63, 3.8) is 0 Å². The molecule has 0 aliphatic carbocycles. The summed E-state index contributed by atoms with van der Waals surface area (Å²) in [6.07, 6.45) is 0. The molecule has 2 rings (SSSR count). The van der Waals surface area contributed by atoms with E-state index < -0.39 is 4.92 Å². The van der Waals surface area contributed by atoms with Crippen LogP contribution < -0.4 is 0 Å². The molecule has 0 saturated carbocycles. The molecule has 0 amide bonds. The summed E-state index contributed by atoms with van der Waals surface area (Å²) in [7, 11) is 0. The Balaban J connectivity index is 2.25. The van der Waals surface area contributed by atoms with E-state index in [2.05, 4.69) is 9.97 Å². The Bertz CT molecular complexity index is 736. The van der Waals surface area contributed by atoms with Crippen molar-refractivity contribution in [2.24, 2.45) is 0 Å². The van der Waals surface area contributed by atoms with E-state index in [1.165, 1.54) is 23.9 Å². The van der Waals surface area contributed by atoms with Gasteiger partial charge in [0.05, 0.1) is 17.3 Å². The second-order valence-corrected chi connectivity index (χ2v) is 5.57. The van der Waals surface area contributed by atoms with Crippen LogP contribution in [-0.2, 0) is 9.53 Å². The fourth-order valence-electron chi connectivity index (χ4n) is 1.84. The molecule has 2 aromatic rings. The number of ether oxygens (including phenoxy) is 1. The first-order valence-electron chi connectivity index (χ1n) is 6.88. The van der Waals surface area contributed by atoms with Crippen LogP contribution in [0.25, 0.3) is 11.4 Å². The Morgan fingerprint density at radius 1 is 1.35 bits per heavy atom. The van der Waals surface area contributed by atoms with E-state index >= 15 is 0 Å². The van der Waals surface area contributed by atoms with Crippen LogP contribution in [0.1, 0.15) is 12.6 Å². The topological polar surface area (TPSA) is 95.2 Å². The lowest BCUT2D eigenvalue weighted by Gasteiger charge is -2.06. The lowest BCUT2D eigenvalue weighted by molar-refractivity contribution is -0.384. The number of carbonyl (C=O) groups excluding carboxylic acids is 1. The van der Waals surface area contributed by atoms with Gasteiger partial charge in [-0.1, -0.05) is 23.9 Å². The molecule has 23 heavy (non-hydrogen) atoms. The third-order valence-electron chi connectivity index (χ3n) is 2.79. The summed E-state index contributed by atoms with van der Waals surface area (Å²) in [5.74, 6) is 0.226. The highest BCUT2D eigenvalue weighted by Gasteiger charge is 2.11. The highest BCUT2D eigenvalue weighted by Crippen LogP contribution is 2.24. The van der Waals surface area contributed by atoms with Crippen molar-refractivity contribution in [3.05, 3.63) is 46.1 Å². The Kier molecular flexibility index (Phi) is 5.64. The minimum atomic E-state index is -0.463. The average molecular weight is 333 g/mol. The number of nitro groups is 1. The van der Waals surface area contributed by atoms with Gasteiger partial charge in [-0.3, -0.25) is 14.9 Å². The van der Waals surface area contributed by atoms with Gasteiger partial charge in [0.15, 0.2) is 5.82 Å². The first kappa shape index (κ1) is 16.9. The van der Waals surface area contributed by atoms with Crippen molar-refractivity contribution in [1.82, 2.24) is 9.97 Å². The van der Waals surface area contributed by atoms with Gasteiger partial charge in [0.1, 0.15) is 5.03 Å². The molecule has 8 heteroatoms. The molecular formula is C15H15N3O4S. The lowest BCUT2D eigenvalue weighted by Crippen LogP contribution is -2.07. The van der Waals surface area contributed by atoms with E-state index in [4.69, 9.17) is 4.74 Å². The van der Waals surface area contributed by atoms with Gasteiger partial charge in [-0.25, -0.2) is 9.97 Å². The van der Waals surface area contributed by atoms with Gasteiger partial charge in [0, 0.05) is 23.4 Å². The fraction of sp³-hybridized carbons (Fsp3) is 0.267. The summed E-state index contributed by atoms with van der Waals surface area (Å²) in [4.78, 5) is 30.5. The number of esters is 1. The molecule has 0 N–H and O–H groups in total. The van der Waals surface area contributed by atoms with E-state index in [-0.39, 0.29) is 17.4 Å². The predicted octanol–water partition coefficient (Wildman–Crippen LogP) is 3.02. The number of non-ortho nitro benzene ring substituents is 1. The molecule has 1 heterocycles. The molecule has 0 unspecified atom stereocenters. The molecular weight excluding hydrogens is 318 g/mol. The van der Waals surface area contributed by atoms with Crippen LogP contribution in [0.2, 0.25) is 0 Å². The van der Waals surface area contributed by atoms with Crippen molar-refractivity contribution >= 4 is 23.4 Å². The minimum absolute atomic E-state index is 0.0201. The average Bonchev–Trinajstić information content (AvgIpc) is 2.53. The van der Waals surface area contributed by atoms with Crippen LogP contribution in [0.5, 0.6) is 0 Å². The lowest BCUT2D eigenvalue weighted by atomic mass is 10.2. The van der Waals surface area contributed by atoms with Gasteiger partial charge < -0.3 is 4.74 Å². The Hall–Kier alpha value is -2.48. The number of nitro benzene ring substituents is 1. The summed E-state index contributed by atoms with van der Waals surface area (Å²) in [5.41, 5.74) is 1.25. The second-order valence-electron chi connectivity index (χ2n) is 4.57. The van der Waals surface area contributed by atoms with Crippen LogP contribution in [0, 0.1) is 17.0 Å². The summed E-state index contributed by atoms with van der Waals surface area (Å²) < 4.78 is 4.87.